The lowest BCUT2D eigenvalue weighted by Crippen LogP contribution is -2.23. The summed E-state index contributed by atoms with van der Waals surface area (Å²) in [7, 11) is 0.999. The van der Waals surface area contributed by atoms with Gasteiger partial charge in [0.25, 0.3) is 0 Å². The van der Waals surface area contributed by atoms with Gasteiger partial charge >= 0.3 is 11.9 Å². The van der Waals surface area contributed by atoms with Gasteiger partial charge in [-0.05, 0) is 30.7 Å². The van der Waals surface area contributed by atoms with E-state index in [2.05, 4.69) is 20.3 Å². The van der Waals surface area contributed by atoms with Gasteiger partial charge in [-0.3, -0.25) is 4.98 Å². The van der Waals surface area contributed by atoms with Crippen molar-refractivity contribution in [2.45, 2.75) is 19.2 Å². The van der Waals surface area contributed by atoms with Crippen LogP contribution in [0.15, 0.2) is 51.7 Å². The summed E-state index contributed by atoms with van der Waals surface area (Å²) in [4.78, 5) is 22.3. The van der Waals surface area contributed by atoms with E-state index in [0.717, 1.165) is 7.11 Å². The zero-order valence-electron chi connectivity index (χ0n) is 16.9. The van der Waals surface area contributed by atoms with Crippen molar-refractivity contribution in [2.24, 2.45) is 0 Å². The number of halogens is 3. The largest absolute Gasteiger partial charge is 0.418 e. The van der Waals surface area contributed by atoms with Crippen LogP contribution in [0.5, 0.6) is 0 Å². The van der Waals surface area contributed by atoms with Crippen molar-refractivity contribution in [1.29, 1.82) is 0 Å². The first kappa shape index (κ1) is 21.4. The van der Waals surface area contributed by atoms with E-state index in [9.17, 15) is 18.0 Å². The number of aromatic amines is 1. The van der Waals surface area contributed by atoms with E-state index in [1.807, 2.05) is 0 Å². The fourth-order valence-electron chi connectivity index (χ4n) is 3.46. The van der Waals surface area contributed by atoms with Gasteiger partial charge in [0.05, 0.1) is 11.2 Å². The number of nitrogen functional groups attached to an aromatic ring is 1. The number of hydrogen-bond acceptors (Lipinski definition) is 7. The van der Waals surface area contributed by atoms with Crippen molar-refractivity contribution in [3.8, 4) is 11.3 Å². The summed E-state index contributed by atoms with van der Waals surface area (Å²) in [6.45, 7) is 1.67. The Labute approximate surface area is 179 Å². The van der Waals surface area contributed by atoms with Crippen LogP contribution in [0.25, 0.3) is 22.4 Å². The number of nitrogens with two attached hydrogens (primary N) is 1. The summed E-state index contributed by atoms with van der Waals surface area (Å²) in [6.07, 6.45) is -6.75. The average molecular weight is 445 g/mol. The van der Waals surface area contributed by atoms with Gasteiger partial charge in [-0.2, -0.15) is 18.2 Å². The quantitative estimate of drug-likeness (QED) is 0.415. The van der Waals surface area contributed by atoms with Gasteiger partial charge in [-0.25, -0.2) is 9.78 Å². The maximum Gasteiger partial charge on any atom is 0.418 e. The first-order valence-electron chi connectivity index (χ1n) is 9.40. The van der Waals surface area contributed by atoms with Gasteiger partial charge in [0, 0.05) is 23.9 Å². The second-order valence-electron chi connectivity index (χ2n) is 7.00. The molecule has 0 saturated heterocycles. The van der Waals surface area contributed by atoms with Gasteiger partial charge in [-0.1, -0.05) is 24.3 Å². The number of methoxy groups -OCH3 is 1. The van der Waals surface area contributed by atoms with Crippen LogP contribution in [0.3, 0.4) is 0 Å². The SMILES string of the molecule is COC(c1ccccc1-c1nc(N)nc(Nc2ccc3oc(=O)[nH]c3c2)c1C)C(F)(F)F. The number of alkyl halides is 3. The second kappa shape index (κ2) is 8.00. The van der Waals surface area contributed by atoms with Gasteiger partial charge < -0.3 is 20.2 Å². The Morgan fingerprint density at radius 2 is 1.94 bits per heavy atom. The topological polar surface area (TPSA) is 119 Å². The van der Waals surface area contributed by atoms with E-state index in [-0.39, 0.29) is 22.8 Å². The normalized spacial score (nSPS) is 12.8. The molecule has 4 N–H and O–H groups in total. The number of rotatable bonds is 5. The molecule has 0 aliphatic rings. The summed E-state index contributed by atoms with van der Waals surface area (Å²) in [6, 6.07) is 10.9. The molecule has 2 aromatic carbocycles. The Balaban J connectivity index is 1.80. The molecule has 0 bridgehead atoms. The lowest BCUT2D eigenvalue weighted by molar-refractivity contribution is -0.215. The maximum atomic E-state index is 13.6. The molecule has 11 heteroatoms. The van der Waals surface area contributed by atoms with Crippen LogP contribution in [0.1, 0.15) is 17.2 Å². The highest BCUT2D eigenvalue weighted by Crippen LogP contribution is 2.41. The zero-order chi connectivity index (χ0) is 23.0. The third kappa shape index (κ3) is 4.02. The van der Waals surface area contributed by atoms with E-state index in [4.69, 9.17) is 14.9 Å². The lowest BCUT2D eigenvalue weighted by atomic mass is 9.97. The molecule has 2 aromatic heterocycles. The van der Waals surface area contributed by atoms with Crippen LogP contribution in [0.4, 0.5) is 30.6 Å². The molecule has 8 nitrogen and oxygen atoms in total. The van der Waals surface area contributed by atoms with Crippen LogP contribution in [-0.2, 0) is 4.74 Å². The van der Waals surface area contributed by atoms with Gasteiger partial charge in [0.15, 0.2) is 11.7 Å². The third-order valence-electron chi connectivity index (χ3n) is 4.88. The molecule has 2 heterocycles. The predicted octanol–water partition coefficient (Wildman–Crippen LogP) is 4.46. The smallest absolute Gasteiger partial charge is 0.408 e. The van der Waals surface area contributed by atoms with Crippen molar-refractivity contribution in [3.05, 3.63) is 64.1 Å². The number of ether oxygens (including phenoxy) is 1. The van der Waals surface area contributed by atoms with E-state index in [0.29, 0.717) is 28.2 Å². The first-order chi connectivity index (χ1) is 15.2. The molecule has 32 heavy (non-hydrogen) atoms. The Hall–Kier alpha value is -3.86. The lowest BCUT2D eigenvalue weighted by Gasteiger charge is -2.22. The summed E-state index contributed by atoms with van der Waals surface area (Å²) in [5.74, 6) is -0.411. The highest BCUT2D eigenvalue weighted by molar-refractivity contribution is 5.80. The van der Waals surface area contributed by atoms with Gasteiger partial charge in [0.2, 0.25) is 5.95 Å². The molecule has 0 spiro atoms. The summed E-state index contributed by atoms with van der Waals surface area (Å²) >= 11 is 0. The van der Waals surface area contributed by atoms with Crippen LogP contribution >= 0.6 is 0 Å². The van der Waals surface area contributed by atoms with E-state index in [1.54, 1.807) is 31.2 Å². The second-order valence-corrected chi connectivity index (χ2v) is 7.00. The van der Waals surface area contributed by atoms with Crippen molar-refractivity contribution >= 4 is 28.6 Å². The minimum Gasteiger partial charge on any atom is -0.408 e. The predicted molar refractivity (Wildman–Crippen MR) is 113 cm³/mol. The summed E-state index contributed by atoms with van der Waals surface area (Å²) in [5.41, 5.74) is 8.13. The monoisotopic (exact) mass is 445 g/mol. The molecule has 0 radical (unpaired) electrons. The van der Waals surface area contributed by atoms with E-state index >= 15 is 0 Å². The Morgan fingerprint density at radius 3 is 2.66 bits per heavy atom. The van der Waals surface area contributed by atoms with Gasteiger partial charge in [0.1, 0.15) is 5.82 Å². The Bertz CT molecular complexity index is 1350. The van der Waals surface area contributed by atoms with E-state index in [1.165, 1.54) is 18.2 Å². The molecule has 4 rings (SSSR count). The summed E-state index contributed by atoms with van der Waals surface area (Å²) in [5, 5.41) is 3.07. The third-order valence-corrected chi connectivity index (χ3v) is 4.88. The highest BCUT2D eigenvalue weighted by atomic mass is 19.4. The molecule has 0 amide bonds. The molecule has 1 atom stereocenters. The fourth-order valence-corrected chi connectivity index (χ4v) is 3.46. The number of hydrogen-bond donors (Lipinski definition) is 3. The average Bonchev–Trinajstić information content (AvgIpc) is 3.10. The molecule has 0 fully saturated rings. The maximum absolute atomic E-state index is 13.6. The Morgan fingerprint density at radius 1 is 1.19 bits per heavy atom. The molecule has 166 valence electrons. The number of oxazole rings is 1. The van der Waals surface area contributed by atoms with Crippen LogP contribution in [0, 0.1) is 6.92 Å². The minimum atomic E-state index is -4.62. The molecule has 0 aliphatic heterocycles. The number of aromatic nitrogens is 3. The molecular weight excluding hydrogens is 427 g/mol. The first-order valence-corrected chi connectivity index (χ1v) is 9.40. The Kier molecular flexibility index (Phi) is 5.35. The fraction of sp³-hybridized carbons (Fsp3) is 0.190. The van der Waals surface area contributed by atoms with Crippen molar-refractivity contribution in [2.75, 3.05) is 18.2 Å². The van der Waals surface area contributed by atoms with Crippen molar-refractivity contribution in [3.63, 3.8) is 0 Å². The number of anilines is 3. The van der Waals surface area contributed by atoms with Crippen LogP contribution < -0.4 is 16.8 Å². The zero-order valence-corrected chi connectivity index (χ0v) is 16.9. The molecule has 4 aromatic rings. The number of H-pyrrole nitrogens is 1. The van der Waals surface area contributed by atoms with E-state index < -0.39 is 18.0 Å². The summed E-state index contributed by atoms with van der Waals surface area (Å²) < 4.78 is 50.4. The van der Waals surface area contributed by atoms with Crippen LogP contribution in [-0.4, -0.2) is 28.2 Å². The van der Waals surface area contributed by atoms with Crippen LogP contribution in [0.2, 0.25) is 0 Å². The number of nitrogens with one attached hydrogen (secondary N) is 2. The molecule has 0 saturated carbocycles. The van der Waals surface area contributed by atoms with Crippen molar-refractivity contribution in [1.82, 2.24) is 15.0 Å². The standard InChI is InChI=1S/C21H18F3N5O3/c1-10-16(12-5-3-4-6-13(12)17(31-2)21(22,23)24)28-19(25)29-18(10)26-11-7-8-15-14(9-11)27-20(30)32-15/h3-9,17H,1-2H3,(H,27,30)(H3,25,26,28,29). The molecule has 1 unspecified atom stereocenters. The van der Waals surface area contributed by atoms with Crippen molar-refractivity contribution < 1.29 is 22.3 Å². The molecular formula is C21H18F3N5O3. The number of fused-ring (bicyclic) bond motifs is 1. The number of benzene rings is 2. The highest BCUT2D eigenvalue weighted by Gasteiger charge is 2.42. The van der Waals surface area contributed by atoms with Gasteiger partial charge in [-0.15, -0.1) is 0 Å². The molecule has 0 aliphatic carbocycles. The number of nitrogens with zero attached hydrogens (tertiary/aromatic N) is 2. The minimum absolute atomic E-state index is 0.0907.